The predicted molar refractivity (Wildman–Crippen MR) is 115 cm³/mol. The number of nitrogens with one attached hydrogen (secondary N) is 1. The van der Waals surface area contributed by atoms with Crippen molar-refractivity contribution in [3.8, 4) is 0 Å². The van der Waals surface area contributed by atoms with E-state index >= 15 is 0 Å². The van der Waals surface area contributed by atoms with Crippen LogP contribution in [0.1, 0.15) is 55.8 Å². The van der Waals surface area contributed by atoms with Gasteiger partial charge < -0.3 is 15.0 Å². The molecule has 0 aromatic carbocycles. The number of ether oxygens (including phenoxy) is 1. The third kappa shape index (κ3) is 6.78. The van der Waals surface area contributed by atoms with E-state index < -0.39 is 11.7 Å². The van der Waals surface area contributed by atoms with E-state index in [9.17, 15) is 9.18 Å². The molecular formula is C21H32Cl2FN3O2. The maximum atomic E-state index is 14.1. The summed E-state index contributed by atoms with van der Waals surface area (Å²) in [5, 5.41) is 2.81. The molecule has 3 atom stereocenters. The average molecular weight is 448 g/mol. The first-order chi connectivity index (χ1) is 13.6. The van der Waals surface area contributed by atoms with Crippen LogP contribution in [0, 0.1) is 17.7 Å². The average Bonchev–Trinajstić information content (AvgIpc) is 2.70. The number of piperidine rings is 1. The lowest BCUT2D eigenvalue weighted by molar-refractivity contribution is 0.0547. The van der Waals surface area contributed by atoms with Crippen LogP contribution in [-0.2, 0) is 4.74 Å². The Morgan fingerprint density at radius 2 is 2.14 bits per heavy atom. The molecule has 1 amide bonds. The highest BCUT2D eigenvalue weighted by Gasteiger charge is 2.31. The Kier molecular flexibility index (Phi) is 10.1. The fourth-order valence-corrected chi connectivity index (χ4v) is 4.68. The van der Waals surface area contributed by atoms with Crippen LogP contribution >= 0.6 is 24.0 Å². The molecule has 0 bridgehead atoms. The van der Waals surface area contributed by atoms with Gasteiger partial charge in [0.25, 0.3) is 5.91 Å². The van der Waals surface area contributed by atoms with Gasteiger partial charge in [-0.2, -0.15) is 0 Å². The van der Waals surface area contributed by atoms with Crippen LogP contribution in [0.4, 0.5) is 4.39 Å². The smallest absolute Gasteiger partial charge is 0.254 e. The lowest BCUT2D eigenvalue weighted by atomic mass is 9.83. The minimum atomic E-state index is -0.746. The van der Waals surface area contributed by atoms with Crippen LogP contribution < -0.4 is 5.32 Å². The molecule has 1 N–H and O–H groups in total. The molecule has 29 heavy (non-hydrogen) atoms. The predicted octanol–water partition coefficient (Wildman–Crippen LogP) is 4.33. The molecule has 1 aromatic rings. The summed E-state index contributed by atoms with van der Waals surface area (Å²) in [7, 11) is 0. The second kappa shape index (κ2) is 12.0. The Morgan fingerprint density at radius 3 is 2.93 bits per heavy atom. The third-order valence-corrected chi connectivity index (χ3v) is 6.23. The minimum absolute atomic E-state index is 0. The fraction of sp³-hybridized carbons (Fsp3) is 0.714. The maximum Gasteiger partial charge on any atom is 0.254 e. The fourth-order valence-electron chi connectivity index (χ4n) is 4.53. The molecular weight excluding hydrogens is 416 g/mol. The number of hydrogen-bond acceptors (Lipinski definition) is 4. The minimum Gasteiger partial charge on any atom is -0.381 e. The summed E-state index contributed by atoms with van der Waals surface area (Å²) in [5.74, 6) is -0.155. The molecule has 0 spiro atoms. The Labute approximate surface area is 184 Å². The highest BCUT2D eigenvalue weighted by molar-refractivity contribution is 6.29. The van der Waals surface area contributed by atoms with Gasteiger partial charge in [-0.15, -0.1) is 12.4 Å². The first-order valence-corrected chi connectivity index (χ1v) is 10.9. The van der Waals surface area contributed by atoms with Crippen molar-refractivity contribution in [1.82, 2.24) is 15.2 Å². The second-order valence-electron chi connectivity index (χ2n) is 8.02. The van der Waals surface area contributed by atoms with Crippen molar-refractivity contribution in [2.45, 2.75) is 51.5 Å². The van der Waals surface area contributed by atoms with Gasteiger partial charge in [0, 0.05) is 31.9 Å². The number of aromatic nitrogens is 1. The van der Waals surface area contributed by atoms with Gasteiger partial charge in [0.15, 0.2) is 11.0 Å². The summed E-state index contributed by atoms with van der Waals surface area (Å²) in [4.78, 5) is 18.8. The number of carbonyl (C=O) groups excluding carboxylic acids is 1. The number of amides is 1. The van der Waals surface area contributed by atoms with Crippen LogP contribution in [-0.4, -0.2) is 54.7 Å². The Balaban J connectivity index is 0.00000300. The molecule has 5 nitrogen and oxygen atoms in total. The van der Waals surface area contributed by atoms with E-state index in [2.05, 4.69) is 15.2 Å². The number of rotatable bonds is 7. The summed E-state index contributed by atoms with van der Waals surface area (Å²) in [6.07, 6.45) is 8.09. The maximum absolute atomic E-state index is 14.1. The first kappa shape index (κ1) is 24.3. The normalized spacial score (nSPS) is 25.3. The van der Waals surface area contributed by atoms with Crippen LogP contribution in [0.15, 0.2) is 12.3 Å². The zero-order valence-corrected chi connectivity index (χ0v) is 18.6. The summed E-state index contributed by atoms with van der Waals surface area (Å²) in [6, 6.07) is 1.46. The summed E-state index contributed by atoms with van der Waals surface area (Å²) in [6.45, 7) is 6.78. The molecule has 1 aliphatic heterocycles. The van der Waals surface area contributed by atoms with Gasteiger partial charge in [0.1, 0.15) is 0 Å². The van der Waals surface area contributed by atoms with Crippen molar-refractivity contribution < 1.29 is 13.9 Å². The van der Waals surface area contributed by atoms with Gasteiger partial charge in [-0.1, -0.05) is 24.4 Å². The molecule has 2 fully saturated rings. The SMILES string of the molecule is CCOC[C@@H]1CCCN(C[C@H]2CCCC[C@@H]2NC(=O)c2ccnc(Cl)c2F)C1.Cl. The number of nitrogens with zero attached hydrogens (tertiary/aromatic N) is 2. The Hall–Kier alpha value is -0.950. The Morgan fingerprint density at radius 1 is 1.34 bits per heavy atom. The standard InChI is InChI=1S/C21H31ClFN3O2.ClH/c1-2-28-14-15-6-5-11-26(12-15)13-16-7-3-4-8-18(16)25-21(27)17-9-10-24-20(22)19(17)23;/h9-10,15-16,18H,2-8,11-14H2,1H3,(H,25,27);1H/t15-,16-,18+;/m1./s1. The molecule has 3 rings (SSSR count). The van der Waals surface area contributed by atoms with E-state index in [0.717, 1.165) is 52.1 Å². The van der Waals surface area contributed by atoms with Crippen LogP contribution in [0.5, 0.6) is 0 Å². The molecule has 0 radical (unpaired) electrons. The molecule has 2 aliphatic rings. The molecule has 8 heteroatoms. The van der Waals surface area contributed by atoms with Gasteiger partial charge in [-0.25, -0.2) is 9.37 Å². The summed E-state index contributed by atoms with van der Waals surface area (Å²) < 4.78 is 19.8. The topological polar surface area (TPSA) is 54.5 Å². The number of hydrogen-bond donors (Lipinski definition) is 1. The lowest BCUT2D eigenvalue weighted by Crippen LogP contribution is -2.48. The van der Waals surface area contributed by atoms with Crippen LogP contribution in [0.2, 0.25) is 5.15 Å². The zero-order chi connectivity index (χ0) is 19.9. The van der Waals surface area contributed by atoms with Crippen LogP contribution in [0.3, 0.4) is 0 Å². The second-order valence-corrected chi connectivity index (χ2v) is 8.37. The van der Waals surface area contributed by atoms with Crippen molar-refractivity contribution in [2.75, 3.05) is 32.8 Å². The van der Waals surface area contributed by atoms with Gasteiger partial charge in [0.05, 0.1) is 12.2 Å². The Bertz CT molecular complexity index is 665. The van der Waals surface area contributed by atoms with Crippen molar-refractivity contribution in [1.29, 1.82) is 0 Å². The zero-order valence-electron chi connectivity index (χ0n) is 17.0. The number of halogens is 3. The van der Waals surface area contributed by atoms with E-state index in [1.165, 1.54) is 31.5 Å². The number of carbonyl (C=O) groups is 1. The quantitative estimate of drug-likeness (QED) is 0.631. The van der Waals surface area contributed by atoms with Crippen molar-refractivity contribution in [3.05, 3.63) is 28.8 Å². The van der Waals surface area contributed by atoms with Crippen molar-refractivity contribution in [2.24, 2.45) is 11.8 Å². The monoisotopic (exact) mass is 447 g/mol. The van der Waals surface area contributed by atoms with Crippen molar-refractivity contribution >= 4 is 29.9 Å². The number of likely N-dealkylation sites (tertiary alicyclic amines) is 1. The molecule has 164 valence electrons. The van der Waals surface area contributed by atoms with E-state index in [-0.39, 0.29) is 29.2 Å². The van der Waals surface area contributed by atoms with E-state index in [0.29, 0.717) is 11.8 Å². The van der Waals surface area contributed by atoms with Crippen molar-refractivity contribution in [3.63, 3.8) is 0 Å². The molecule has 1 aromatic heterocycles. The molecule has 2 heterocycles. The molecule has 1 saturated heterocycles. The molecule has 1 saturated carbocycles. The van der Waals surface area contributed by atoms with E-state index in [4.69, 9.17) is 16.3 Å². The van der Waals surface area contributed by atoms with Gasteiger partial charge in [0.2, 0.25) is 0 Å². The number of pyridine rings is 1. The highest BCUT2D eigenvalue weighted by Crippen LogP contribution is 2.28. The lowest BCUT2D eigenvalue weighted by Gasteiger charge is -2.39. The molecule has 1 aliphatic carbocycles. The van der Waals surface area contributed by atoms with Gasteiger partial charge in [-0.05, 0) is 57.1 Å². The van der Waals surface area contributed by atoms with Gasteiger partial charge in [-0.3, -0.25) is 4.79 Å². The summed E-state index contributed by atoms with van der Waals surface area (Å²) >= 11 is 5.72. The first-order valence-electron chi connectivity index (χ1n) is 10.5. The largest absolute Gasteiger partial charge is 0.381 e. The summed E-state index contributed by atoms with van der Waals surface area (Å²) in [5.41, 5.74) is -0.0286. The van der Waals surface area contributed by atoms with Crippen LogP contribution in [0.25, 0.3) is 0 Å². The van der Waals surface area contributed by atoms with Gasteiger partial charge >= 0.3 is 0 Å². The third-order valence-electron chi connectivity index (χ3n) is 5.97. The highest BCUT2D eigenvalue weighted by atomic mass is 35.5. The van der Waals surface area contributed by atoms with E-state index in [1.807, 2.05) is 6.92 Å². The van der Waals surface area contributed by atoms with E-state index in [1.54, 1.807) is 0 Å². The molecule has 0 unspecified atom stereocenters.